The average molecular weight is 252 g/mol. The van der Waals surface area contributed by atoms with Crippen molar-refractivity contribution >= 4 is 17.2 Å². The molecule has 17 heavy (non-hydrogen) atoms. The normalized spacial score (nSPS) is 20.8. The first-order valence-electron chi connectivity index (χ1n) is 6.16. The maximum Gasteiger partial charge on any atom is 0.226 e. The van der Waals surface area contributed by atoms with Crippen LogP contribution >= 0.6 is 11.3 Å². The molecular weight excluding hydrogens is 232 g/mol. The lowest BCUT2D eigenvalue weighted by Crippen LogP contribution is -2.46. The van der Waals surface area contributed by atoms with Gasteiger partial charge < -0.3 is 10.6 Å². The van der Waals surface area contributed by atoms with Gasteiger partial charge in [-0.2, -0.15) is 11.3 Å². The Bertz CT molecular complexity index is 369. The fraction of sp³-hybridized carbons (Fsp3) is 0.615. The Hall–Kier alpha value is -0.870. The number of piperidine rings is 1. The highest BCUT2D eigenvalue weighted by atomic mass is 32.1. The standard InChI is InChI=1S/C13H20N2OS/c1-10(11-3-8-17-9-11)15-12(16)13(2)4-6-14-7-5-13/h3,8-10,14H,4-7H2,1-2H3,(H,15,16). The van der Waals surface area contributed by atoms with Gasteiger partial charge in [0.1, 0.15) is 0 Å². The second-order valence-electron chi connectivity index (χ2n) is 5.06. The molecule has 1 aliphatic rings. The number of rotatable bonds is 3. The zero-order valence-electron chi connectivity index (χ0n) is 10.5. The van der Waals surface area contributed by atoms with Gasteiger partial charge in [-0.1, -0.05) is 6.92 Å². The van der Waals surface area contributed by atoms with Crippen LogP contribution in [0.25, 0.3) is 0 Å². The molecule has 0 saturated carbocycles. The van der Waals surface area contributed by atoms with E-state index in [0.717, 1.165) is 25.9 Å². The number of carbonyl (C=O) groups excluding carboxylic acids is 1. The Morgan fingerprint density at radius 3 is 2.82 bits per heavy atom. The lowest BCUT2D eigenvalue weighted by Gasteiger charge is -2.33. The van der Waals surface area contributed by atoms with Crippen molar-refractivity contribution in [2.24, 2.45) is 5.41 Å². The van der Waals surface area contributed by atoms with Crippen molar-refractivity contribution in [2.45, 2.75) is 32.7 Å². The van der Waals surface area contributed by atoms with Crippen molar-refractivity contribution in [1.82, 2.24) is 10.6 Å². The van der Waals surface area contributed by atoms with Crippen molar-refractivity contribution in [3.8, 4) is 0 Å². The maximum atomic E-state index is 12.3. The van der Waals surface area contributed by atoms with Crippen LogP contribution in [0.4, 0.5) is 0 Å². The summed E-state index contributed by atoms with van der Waals surface area (Å²) in [5.74, 6) is 0.192. The molecule has 0 aliphatic carbocycles. The molecule has 1 aliphatic heterocycles. The largest absolute Gasteiger partial charge is 0.349 e. The highest BCUT2D eigenvalue weighted by molar-refractivity contribution is 7.07. The minimum Gasteiger partial charge on any atom is -0.349 e. The smallest absolute Gasteiger partial charge is 0.226 e. The monoisotopic (exact) mass is 252 g/mol. The second-order valence-corrected chi connectivity index (χ2v) is 5.84. The van der Waals surface area contributed by atoms with Crippen molar-refractivity contribution in [3.63, 3.8) is 0 Å². The summed E-state index contributed by atoms with van der Waals surface area (Å²) in [4.78, 5) is 12.3. The van der Waals surface area contributed by atoms with Gasteiger partial charge in [0.25, 0.3) is 0 Å². The summed E-state index contributed by atoms with van der Waals surface area (Å²) in [7, 11) is 0. The predicted octanol–water partition coefficient (Wildman–Crippen LogP) is 2.32. The Morgan fingerprint density at radius 1 is 1.53 bits per heavy atom. The Morgan fingerprint density at radius 2 is 2.24 bits per heavy atom. The first kappa shape index (κ1) is 12.6. The van der Waals surface area contributed by atoms with Gasteiger partial charge in [-0.25, -0.2) is 0 Å². The Balaban J connectivity index is 1.96. The molecule has 1 fully saturated rings. The van der Waals surface area contributed by atoms with Crippen LogP contribution in [0, 0.1) is 5.41 Å². The number of hydrogen-bond acceptors (Lipinski definition) is 3. The molecule has 1 saturated heterocycles. The van der Waals surface area contributed by atoms with Gasteiger partial charge in [0.2, 0.25) is 5.91 Å². The van der Waals surface area contributed by atoms with Crippen molar-refractivity contribution in [1.29, 1.82) is 0 Å². The van der Waals surface area contributed by atoms with Gasteiger partial charge in [0.05, 0.1) is 6.04 Å². The van der Waals surface area contributed by atoms with E-state index >= 15 is 0 Å². The second kappa shape index (κ2) is 5.19. The van der Waals surface area contributed by atoms with Gasteiger partial charge >= 0.3 is 0 Å². The van der Waals surface area contributed by atoms with Crippen molar-refractivity contribution in [3.05, 3.63) is 22.4 Å². The molecule has 2 N–H and O–H groups in total. The molecule has 1 amide bonds. The molecule has 1 aromatic rings. The number of amides is 1. The number of carbonyl (C=O) groups is 1. The van der Waals surface area contributed by atoms with E-state index in [4.69, 9.17) is 0 Å². The zero-order valence-corrected chi connectivity index (χ0v) is 11.3. The van der Waals surface area contributed by atoms with E-state index < -0.39 is 0 Å². The average Bonchev–Trinajstić information content (AvgIpc) is 2.83. The fourth-order valence-corrected chi connectivity index (χ4v) is 2.94. The molecule has 4 heteroatoms. The van der Waals surface area contributed by atoms with Crippen molar-refractivity contribution < 1.29 is 4.79 Å². The van der Waals surface area contributed by atoms with Crippen LogP contribution < -0.4 is 10.6 Å². The minimum atomic E-state index is -0.199. The molecule has 1 atom stereocenters. The molecule has 0 bridgehead atoms. The lowest BCUT2D eigenvalue weighted by molar-refractivity contribution is -0.132. The van der Waals surface area contributed by atoms with Gasteiger partial charge in [0.15, 0.2) is 0 Å². The lowest BCUT2D eigenvalue weighted by atomic mass is 9.80. The third-order valence-corrected chi connectivity index (χ3v) is 4.35. The summed E-state index contributed by atoms with van der Waals surface area (Å²) in [6, 6.07) is 2.18. The van der Waals surface area contributed by atoms with Gasteiger partial charge in [-0.15, -0.1) is 0 Å². The van der Waals surface area contributed by atoms with Gasteiger partial charge in [0, 0.05) is 5.41 Å². The van der Waals surface area contributed by atoms with E-state index in [2.05, 4.69) is 29.0 Å². The molecule has 2 rings (SSSR count). The highest BCUT2D eigenvalue weighted by Gasteiger charge is 2.35. The summed E-state index contributed by atoms with van der Waals surface area (Å²) >= 11 is 1.67. The van der Waals surface area contributed by atoms with E-state index in [1.807, 2.05) is 12.3 Å². The number of nitrogens with one attached hydrogen (secondary N) is 2. The predicted molar refractivity (Wildman–Crippen MR) is 71.1 cm³/mol. The zero-order chi connectivity index (χ0) is 12.3. The third kappa shape index (κ3) is 2.87. The van der Waals surface area contributed by atoms with E-state index in [9.17, 15) is 4.79 Å². The van der Waals surface area contributed by atoms with Crippen LogP contribution in [0.15, 0.2) is 16.8 Å². The molecule has 94 valence electrons. The molecule has 0 spiro atoms. The first-order chi connectivity index (χ1) is 8.12. The van der Waals surface area contributed by atoms with Crippen LogP contribution in [-0.2, 0) is 4.79 Å². The van der Waals surface area contributed by atoms with E-state index in [1.165, 1.54) is 5.56 Å². The molecule has 0 aromatic carbocycles. The van der Waals surface area contributed by atoms with Gasteiger partial charge in [-0.3, -0.25) is 4.79 Å². The molecule has 3 nitrogen and oxygen atoms in total. The SMILES string of the molecule is CC(NC(=O)C1(C)CCNCC1)c1ccsc1. The quantitative estimate of drug-likeness (QED) is 0.867. The summed E-state index contributed by atoms with van der Waals surface area (Å²) in [5, 5.41) is 10.6. The van der Waals surface area contributed by atoms with E-state index in [1.54, 1.807) is 11.3 Å². The molecule has 0 radical (unpaired) electrons. The Labute approximate surface area is 107 Å². The van der Waals surface area contributed by atoms with Crippen LogP contribution in [0.3, 0.4) is 0 Å². The highest BCUT2D eigenvalue weighted by Crippen LogP contribution is 2.29. The number of thiophene rings is 1. The van der Waals surface area contributed by atoms with Crippen LogP contribution in [-0.4, -0.2) is 19.0 Å². The molecule has 1 aromatic heterocycles. The van der Waals surface area contributed by atoms with E-state index in [0.29, 0.717) is 0 Å². The topological polar surface area (TPSA) is 41.1 Å². The van der Waals surface area contributed by atoms with E-state index in [-0.39, 0.29) is 17.4 Å². The fourth-order valence-electron chi connectivity index (χ4n) is 2.18. The molecule has 2 heterocycles. The van der Waals surface area contributed by atoms with Crippen LogP contribution in [0.1, 0.15) is 38.3 Å². The van der Waals surface area contributed by atoms with Gasteiger partial charge in [-0.05, 0) is 55.2 Å². The van der Waals surface area contributed by atoms with Crippen LogP contribution in [0.2, 0.25) is 0 Å². The van der Waals surface area contributed by atoms with Crippen LogP contribution in [0.5, 0.6) is 0 Å². The Kier molecular flexibility index (Phi) is 3.84. The molecular formula is C13H20N2OS. The first-order valence-corrected chi connectivity index (χ1v) is 7.10. The minimum absolute atomic E-state index is 0.112. The summed E-state index contributed by atoms with van der Waals surface area (Å²) in [6.45, 7) is 6.00. The third-order valence-electron chi connectivity index (χ3n) is 3.65. The summed E-state index contributed by atoms with van der Waals surface area (Å²) < 4.78 is 0. The maximum absolute atomic E-state index is 12.3. The molecule has 1 unspecified atom stereocenters. The summed E-state index contributed by atoms with van der Waals surface area (Å²) in [6.07, 6.45) is 1.85. The van der Waals surface area contributed by atoms with Crippen molar-refractivity contribution in [2.75, 3.05) is 13.1 Å². The summed E-state index contributed by atoms with van der Waals surface area (Å²) in [5.41, 5.74) is 0.996. The number of hydrogen-bond donors (Lipinski definition) is 2.